The lowest BCUT2D eigenvalue weighted by molar-refractivity contribution is 0.414. The van der Waals surface area contributed by atoms with Crippen molar-refractivity contribution >= 4 is 58.2 Å². The fourth-order valence-corrected chi connectivity index (χ4v) is 5.59. The summed E-state index contributed by atoms with van der Waals surface area (Å²) in [4.78, 5) is 0.633. The highest BCUT2D eigenvalue weighted by Crippen LogP contribution is 2.46. The van der Waals surface area contributed by atoms with Crippen molar-refractivity contribution in [1.29, 1.82) is 0 Å². The minimum absolute atomic E-state index is 0.633. The third-order valence-electron chi connectivity index (χ3n) is 5.04. The molecule has 0 fully saturated rings. The van der Waals surface area contributed by atoms with E-state index in [9.17, 15) is 4.21 Å². The average molecular weight is 474 g/mol. The Morgan fingerprint density at radius 1 is 0.893 bits per heavy atom. The lowest BCUT2D eigenvalue weighted by Crippen LogP contribution is -1.99. The maximum Gasteiger partial charge on any atom is 0.148 e. The van der Waals surface area contributed by atoms with E-state index in [4.69, 9.17) is 15.4 Å². The van der Waals surface area contributed by atoms with Gasteiger partial charge in [0.25, 0.3) is 0 Å². The number of fused-ring (bicyclic) bond motifs is 2. The number of ether oxygens (including phenoxy) is 1. The zero-order valence-corrected chi connectivity index (χ0v) is 18.8. The third-order valence-corrected chi connectivity index (χ3v) is 6.85. The molecule has 5 heteroatoms. The number of methoxy groups -OCH3 is 1. The molecule has 28 heavy (non-hydrogen) atoms. The molecular weight excluding hydrogens is 456 g/mol. The van der Waals surface area contributed by atoms with Crippen LogP contribution in [0.25, 0.3) is 32.7 Å². The van der Waals surface area contributed by atoms with E-state index >= 15 is 0 Å². The van der Waals surface area contributed by atoms with Gasteiger partial charge in [-0.1, -0.05) is 52.3 Å². The van der Waals surface area contributed by atoms with E-state index in [2.05, 4.69) is 40.2 Å². The largest absolute Gasteiger partial charge is 0.496 e. The molecule has 0 radical (unpaired) electrons. The molecule has 0 N–H and O–H groups in total. The van der Waals surface area contributed by atoms with Crippen molar-refractivity contribution in [1.82, 2.24) is 0 Å². The van der Waals surface area contributed by atoms with E-state index < -0.39 is 10.0 Å². The quantitative estimate of drug-likeness (QED) is 0.292. The molecule has 0 aliphatic carbocycles. The van der Waals surface area contributed by atoms with Gasteiger partial charge in [0.05, 0.1) is 12.0 Å². The fourth-order valence-electron chi connectivity index (χ4n) is 3.93. The molecule has 1 unspecified atom stereocenters. The monoisotopic (exact) mass is 472 g/mol. The van der Waals surface area contributed by atoms with Gasteiger partial charge in [-0.05, 0) is 75.4 Å². The number of benzene rings is 4. The summed E-state index contributed by atoms with van der Waals surface area (Å²) in [6.45, 7) is 3.98. The van der Waals surface area contributed by atoms with Crippen LogP contribution in [0, 0.1) is 13.8 Å². The zero-order chi connectivity index (χ0) is 20.0. The minimum atomic E-state index is -1.67. The van der Waals surface area contributed by atoms with Gasteiger partial charge in [0.2, 0.25) is 0 Å². The Bertz CT molecular complexity index is 1270. The van der Waals surface area contributed by atoms with Crippen LogP contribution in [0.5, 0.6) is 5.75 Å². The number of halogens is 2. The predicted molar refractivity (Wildman–Crippen MR) is 123 cm³/mol. The number of hydrogen-bond acceptors (Lipinski definition) is 2. The summed E-state index contributed by atoms with van der Waals surface area (Å²) in [7, 11) is 6.21. The van der Waals surface area contributed by atoms with Crippen LogP contribution in [-0.4, -0.2) is 11.3 Å². The second-order valence-electron chi connectivity index (χ2n) is 6.81. The molecule has 2 nitrogen and oxygen atoms in total. The predicted octanol–water partition coefficient (Wildman–Crippen LogP) is 7.31. The summed E-state index contributed by atoms with van der Waals surface area (Å²) in [5, 5.41) is 4.20. The Morgan fingerprint density at radius 3 is 2.29 bits per heavy atom. The molecule has 0 saturated carbocycles. The Labute approximate surface area is 179 Å². The summed E-state index contributed by atoms with van der Waals surface area (Å²) in [5.41, 5.74) is 3.71. The van der Waals surface area contributed by atoms with Crippen LogP contribution in [0.2, 0.25) is 0 Å². The molecule has 0 aliphatic rings. The van der Waals surface area contributed by atoms with Gasteiger partial charge in [-0.3, -0.25) is 0 Å². The van der Waals surface area contributed by atoms with Crippen molar-refractivity contribution < 1.29 is 8.95 Å². The average Bonchev–Trinajstić information content (AvgIpc) is 2.65. The van der Waals surface area contributed by atoms with E-state index in [0.717, 1.165) is 54.0 Å². The number of rotatable bonds is 3. The van der Waals surface area contributed by atoms with Crippen molar-refractivity contribution in [3.8, 4) is 16.9 Å². The van der Waals surface area contributed by atoms with Gasteiger partial charge in [-0.25, -0.2) is 4.21 Å². The summed E-state index contributed by atoms with van der Waals surface area (Å²) < 4.78 is 19.5. The molecule has 0 spiro atoms. The first-order valence-electron chi connectivity index (χ1n) is 8.80. The van der Waals surface area contributed by atoms with E-state index in [1.54, 1.807) is 7.11 Å². The first kappa shape index (κ1) is 19.4. The van der Waals surface area contributed by atoms with Gasteiger partial charge in [0.15, 0.2) is 0 Å². The van der Waals surface area contributed by atoms with Gasteiger partial charge in [0, 0.05) is 15.6 Å². The fraction of sp³-hybridized carbons (Fsp3) is 0.130. The van der Waals surface area contributed by atoms with Crippen molar-refractivity contribution in [2.24, 2.45) is 0 Å². The van der Waals surface area contributed by atoms with Crippen LogP contribution in [-0.2, 0) is 10.0 Å². The summed E-state index contributed by atoms with van der Waals surface area (Å²) in [5.74, 6) is 0.772. The zero-order valence-electron chi connectivity index (χ0n) is 15.7. The summed E-state index contributed by atoms with van der Waals surface area (Å²) in [6, 6.07) is 18.4. The van der Waals surface area contributed by atoms with Crippen LogP contribution in [0.4, 0.5) is 0 Å². The van der Waals surface area contributed by atoms with Gasteiger partial charge in [0.1, 0.15) is 15.8 Å². The number of aryl methyl sites for hydroxylation is 2. The first-order chi connectivity index (χ1) is 13.4. The summed E-state index contributed by atoms with van der Waals surface area (Å²) >= 11 is 3.56. The molecule has 0 saturated heterocycles. The topological polar surface area (TPSA) is 26.3 Å². The standard InChI is InChI=1S/C23H18BrClO2S/c1-13-10-16-12-17(24)8-9-19(16)20(22(13)27-3)21-18-7-5-4-6-15(18)11-14(2)23(21)28(25)26/h4-12H,1-3H3. The van der Waals surface area contributed by atoms with E-state index in [1.165, 1.54) is 0 Å². The lowest BCUT2D eigenvalue weighted by Gasteiger charge is -2.20. The third kappa shape index (κ3) is 3.14. The van der Waals surface area contributed by atoms with Gasteiger partial charge >= 0.3 is 0 Å². The SMILES string of the molecule is COc1c(C)cc2cc(Br)ccc2c1-c1c(S(=O)Cl)c(C)cc2ccccc12. The van der Waals surface area contributed by atoms with Gasteiger partial charge in [-0.2, -0.15) is 0 Å². The normalized spacial score (nSPS) is 12.5. The number of hydrogen-bond donors (Lipinski definition) is 0. The maximum absolute atomic E-state index is 12.6. The van der Waals surface area contributed by atoms with Crippen LogP contribution in [0.3, 0.4) is 0 Å². The van der Waals surface area contributed by atoms with Crippen LogP contribution >= 0.6 is 26.6 Å². The van der Waals surface area contributed by atoms with Gasteiger partial charge in [-0.15, -0.1) is 0 Å². The highest BCUT2D eigenvalue weighted by atomic mass is 79.9. The van der Waals surface area contributed by atoms with Crippen LogP contribution < -0.4 is 4.74 Å². The van der Waals surface area contributed by atoms with Crippen LogP contribution in [0.1, 0.15) is 11.1 Å². The second-order valence-corrected chi connectivity index (χ2v) is 9.42. The molecule has 4 aromatic rings. The molecule has 0 aromatic heterocycles. The molecule has 142 valence electrons. The second kappa shape index (κ2) is 7.51. The van der Waals surface area contributed by atoms with Crippen molar-refractivity contribution in [2.75, 3.05) is 7.11 Å². The highest BCUT2D eigenvalue weighted by Gasteiger charge is 2.23. The smallest absolute Gasteiger partial charge is 0.148 e. The van der Waals surface area contributed by atoms with Crippen LogP contribution in [0.15, 0.2) is 64.0 Å². The molecule has 0 heterocycles. The van der Waals surface area contributed by atoms with Crippen molar-refractivity contribution in [3.63, 3.8) is 0 Å². The molecule has 4 aromatic carbocycles. The van der Waals surface area contributed by atoms with Gasteiger partial charge < -0.3 is 4.74 Å². The molecule has 0 amide bonds. The lowest BCUT2D eigenvalue weighted by atomic mass is 9.90. The maximum atomic E-state index is 12.6. The molecule has 0 aliphatic heterocycles. The Kier molecular flexibility index (Phi) is 5.21. The van der Waals surface area contributed by atoms with Crippen molar-refractivity contribution in [3.05, 3.63) is 70.2 Å². The Morgan fingerprint density at radius 2 is 1.57 bits per heavy atom. The van der Waals surface area contributed by atoms with E-state index in [0.29, 0.717) is 4.90 Å². The Hall–Kier alpha value is -1.88. The molecule has 1 atom stereocenters. The van der Waals surface area contributed by atoms with E-state index in [-0.39, 0.29) is 0 Å². The first-order valence-corrected chi connectivity index (χ1v) is 11.6. The summed E-state index contributed by atoms with van der Waals surface area (Å²) in [6.07, 6.45) is 0. The molecule has 4 rings (SSSR count). The van der Waals surface area contributed by atoms with Crippen molar-refractivity contribution in [2.45, 2.75) is 18.7 Å². The Balaban J connectivity index is 2.30. The van der Waals surface area contributed by atoms with E-state index in [1.807, 2.05) is 44.2 Å². The highest BCUT2D eigenvalue weighted by molar-refractivity contribution is 9.10. The molecular formula is C23H18BrClO2S. The minimum Gasteiger partial charge on any atom is -0.496 e. The molecule has 0 bridgehead atoms.